The van der Waals surface area contributed by atoms with Crippen molar-refractivity contribution in [1.82, 2.24) is 0 Å². The number of ether oxygens (including phenoxy) is 2. The van der Waals surface area contributed by atoms with Crippen LogP contribution in [0.2, 0.25) is 0 Å². The molecule has 1 unspecified atom stereocenters. The molecule has 2 nitrogen and oxygen atoms in total. The molecule has 0 amide bonds. The lowest BCUT2D eigenvalue weighted by molar-refractivity contribution is -0.136. The van der Waals surface area contributed by atoms with Crippen molar-refractivity contribution in [3.8, 4) is 17.2 Å². The van der Waals surface area contributed by atoms with Gasteiger partial charge in [0.15, 0.2) is 0 Å². The van der Waals surface area contributed by atoms with Gasteiger partial charge in [0.1, 0.15) is 17.2 Å². The molecule has 0 bridgehead atoms. The average molecular weight is 372 g/mol. The van der Waals surface area contributed by atoms with E-state index in [1.54, 1.807) is 48.5 Å². The number of halogens is 3. The fraction of sp³-hybridized carbons (Fsp3) is 0.182. The van der Waals surface area contributed by atoms with E-state index in [4.69, 9.17) is 9.47 Å². The molecule has 3 rings (SSSR count). The number of rotatable bonds is 6. The van der Waals surface area contributed by atoms with Crippen LogP contribution in [0.5, 0.6) is 17.2 Å². The molecule has 0 aliphatic heterocycles. The first kappa shape index (κ1) is 18.8. The van der Waals surface area contributed by atoms with Crippen LogP contribution in [-0.2, 0) is 0 Å². The predicted octanol–water partition coefficient (Wildman–Crippen LogP) is 6.57. The van der Waals surface area contributed by atoms with Gasteiger partial charge in [-0.05, 0) is 47.5 Å². The molecule has 5 heteroatoms. The topological polar surface area (TPSA) is 18.5 Å². The van der Waals surface area contributed by atoms with Crippen molar-refractivity contribution in [2.24, 2.45) is 0 Å². The highest BCUT2D eigenvalue weighted by molar-refractivity contribution is 5.39. The molecule has 0 aromatic heterocycles. The van der Waals surface area contributed by atoms with E-state index in [-0.39, 0.29) is 0 Å². The maximum absolute atomic E-state index is 13.1. The van der Waals surface area contributed by atoms with Gasteiger partial charge in [-0.15, -0.1) is 0 Å². The van der Waals surface area contributed by atoms with Crippen molar-refractivity contribution >= 4 is 0 Å². The van der Waals surface area contributed by atoms with Crippen LogP contribution < -0.4 is 9.47 Å². The highest BCUT2D eigenvalue weighted by Gasteiger charge is 2.33. The second-order valence-corrected chi connectivity index (χ2v) is 6.13. The van der Waals surface area contributed by atoms with Crippen LogP contribution in [-0.4, -0.2) is 13.3 Å². The normalized spacial score (nSPS) is 12.4. The van der Waals surface area contributed by atoms with E-state index in [9.17, 15) is 13.2 Å². The summed E-state index contributed by atoms with van der Waals surface area (Å²) in [7, 11) is 1.52. The SMILES string of the molecule is COc1ccc(C(CC(F)(F)F)c2ccc(Oc3ccccc3)cc2)cc1. The highest BCUT2D eigenvalue weighted by atomic mass is 19.4. The molecule has 0 aliphatic rings. The summed E-state index contributed by atoms with van der Waals surface area (Å²) in [6.45, 7) is 0. The van der Waals surface area contributed by atoms with Crippen molar-refractivity contribution < 1.29 is 22.6 Å². The van der Waals surface area contributed by atoms with Gasteiger partial charge in [0.25, 0.3) is 0 Å². The van der Waals surface area contributed by atoms with Crippen LogP contribution in [0.4, 0.5) is 13.2 Å². The highest BCUT2D eigenvalue weighted by Crippen LogP contribution is 2.37. The molecule has 0 N–H and O–H groups in total. The zero-order chi connectivity index (χ0) is 19.3. The Balaban J connectivity index is 1.85. The van der Waals surface area contributed by atoms with E-state index in [2.05, 4.69) is 0 Å². The number of alkyl halides is 3. The number of methoxy groups -OCH3 is 1. The average Bonchev–Trinajstić information content (AvgIpc) is 2.67. The van der Waals surface area contributed by atoms with Gasteiger partial charge in [-0.25, -0.2) is 0 Å². The van der Waals surface area contributed by atoms with Gasteiger partial charge in [0, 0.05) is 5.92 Å². The van der Waals surface area contributed by atoms with E-state index in [0.29, 0.717) is 28.4 Å². The number of hydrogen-bond donors (Lipinski definition) is 0. The Morgan fingerprint density at radius 1 is 0.704 bits per heavy atom. The maximum atomic E-state index is 13.1. The summed E-state index contributed by atoms with van der Waals surface area (Å²) in [5, 5.41) is 0. The molecule has 3 aromatic rings. The molecule has 0 aliphatic carbocycles. The van der Waals surface area contributed by atoms with Crippen LogP contribution in [0, 0.1) is 0 Å². The molecule has 0 fully saturated rings. The van der Waals surface area contributed by atoms with Gasteiger partial charge < -0.3 is 9.47 Å². The quantitative estimate of drug-likeness (QED) is 0.487. The van der Waals surface area contributed by atoms with Crippen LogP contribution in [0.15, 0.2) is 78.9 Å². The largest absolute Gasteiger partial charge is 0.497 e. The Kier molecular flexibility index (Phi) is 5.69. The molecular weight excluding hydrogens is 353 g/mol. The van der Waals surface area contributed by atoms with Gasteiger partial charge in [-0.2, -0.15) is 13.2 Å². The minimum atomic E-state index is -4.27. The number of benzene rings is 3. The fourth-order valence-electron chi connectivity index (χ4n) is 2.89. The molecule has 0 spiro atoms. The summed E-state index contributed by atoms with van der Waals surface area (Å²) in [6.07, 6.45) is -5.21. The molecule has 1 atom stereocenters. The van der Waals surface area contributed by atoms with E-state index >= 15 is 0 Å². The number of para-hydroxylation sites is 1. The monoisotopic (exact) mass is 372 g/mol. The van der Waals surface area contributed by atoms with E-state index < -0.39 is 18.5 Å². The summed E-state index contributed by atoms with van der Waals surface area (Å²) in [5.41, 5.74) is 1.17. The molecule has 0 radical (unpaired) electrons. The van der Waals surface area contributed by atoms with Crippen molar-refractivity contribution in [3.05, 3.63) is 90.0 Å². The Hall–Kier alpha value is -2.95. The first-order chi connectivity index (χ1) is 12.9. The molecule has 27 heavy (non-hydrogen) atoms. The molecule has 0 heterocycles. The lowest BCUT2D eigenvalue weighted by atomic mass is 9.88. The minimum Gasteiger partial charge on any atom is -0.497 e. The third-order valence-corrected chi connectivity index (χ3v) is 4.22. The van der Waals surface area contributed by atoms with Gasteiger partial charge in [0.05, 0.1) is 13.5 Å². The minimum absolute atomic E-state index is 0.574. The van der Waals surface area contributed by atoms with Gasteiger partial charge in [-0.3, -0.25) is 0 Å². The van der Waals surface area contributed by atoms with Crippen LogP contribution >= 0.6 is 0 Å². The van der Waals surface area contributed by atoms with E-state index in [0.717, 1.165) is 0 Å². The summed E-state index contributed by atoms with van der Waals surface area (Å²) in [4.78, 5) is 0. The molecular formula is C22H19F3O2. The third kappa shape index (κ3) is 5.26. The first-order valence-corrected chi connectivity index (χ1v) is 8.48. The summed E-state index contributed by atoms with van der Waals surface area (Å²) >= 11 is 0. The van der Waals surface area contributed by atoms with Crippen LogP contribution in [0.25, 0.3) is 0 Å². The molecule has 140 valence electrons. The van der Waals surface area contributed by atoms with Crippen molar-refractivity contribution in [3.63, 3.8) is 0 Å². The van der Waals surface area contributed by atoms with Crippen molar-refractivity contribution in [2.75, 3.05) is 7.11 Å². The van der Waals surface area contributed by atoms with E-state index in [1.165, 1.54) is 7.11 Å². The molecule has 3 aromatic carbocycles. The van der Waals surface area contributed by atoms with Gasteiger partial charge >= 0.3 is 6.18 Å². The zero-order valence-corrected chi connectivity index (χ0v) is 14.7. The van der Waals surface area contributed by atoms with E-state index in [1.807, 2.05) is 30.3 Å². The third-order valence-electron chi connectivity index (χ3n) is 4.22. The Morgan fingerprint density at radius 3 is 1.67 bits per heavy atom. The molecule has 0 saturated carbocycles. The van der Waals surface area contributed by atoms with Crippen molar-refractivity contribution in [1.29, 1.82) is 0 Å². The first-order valence-electron chi connectivity index (χ1n) is 8.48. The summed E-state index contributed by atoms with van der Waals surface area (Å²) in [5.74, 6) is 1.07. The Bertz CT molecular complexity index is 841. The lowest BCUT2D eigenvalue weighted by Crippen LogP contribution is -2.15. The van der Waals surface area contributed by atoms with Gasteiger partial charge in [0.2, 0.25) is 0 Å². The maximum Gasteiger partial charge on any atom is 0.390 e. The number of hydrogen-bond acceptors (Lipinski definition) is 2. The Morgan fingerprint density at radius 2 is 1.19 bits per heavy atom. The second kappa shape index (κ2) is 8.16. The fourth-order valence-corrected chi connectivity index (χ4v) is 2.89. The van der Waals surface area contributed by atoms with Gasteiger partial charge in [-0.1, -0.05) is 42.5 Å². The molecule has 0 saturated heterocycles. The summed E-state index contributed by atoms with van der Waals surface area (Å²) in [6, 6.07) is 22.6. The predicted molar refractivity (Wildman–Crippen MR) is 98.5 cm³/mol. The van der Waals surface area contributed by atoms with Crippen LogP contribution in [0.1, 0.15) is 23.5 Å². The lowest BCUT2D eigenvalue weighted by Gasteiger charge is -2.20. The second-order valence-electron chi connectivity index (χ2n) is 6.13. The smallest absolute Gasteiger partial charge is 0.390 e. The standard InChI is InChI=1S/C22H19F3O2/c1-26-18-11-7-16(8-12-18)21(15-22(23,24)25)17-9-13-20(14-10-17)27-19-5-3-2-4-6-19/h2-14,21H,15H2,1H3. The van der Waals surface area contributed by atoms with Crippen molar-refractivity contribution in [2.45, 2.75) is 18.5 Å². The summed E-state index contributed by atoms with van der Waals surface area (Å²) < 4.78 is 50.2. The Labute approximate surface area is 156 Å². The van der Waals surface area contributed by atoms with Crippen LogP contribution in [0.3, 0.4) is 0 Å². The zero-order valence-electron chi connectivity index (χ0n) is 14.7.